The van der Waals surface area contributed by atoms with Crippen molar-refractivity contribution in [2.24, 2.45) is 0 Å². The molecule has 0 bridgehead atoms. The molecule has 2 aromatic heterocycles. The number of rotatable bonds is 4. The van der Waals surface area contributed by atoms with E-state index in [2.05, 4.69) is 15.6 Å². The van der Waals surface area contributed by atoms with Crippen LogP contribution < -0.4 is 10.6 Å². The van der Waals surface area contributed by atoms with Crippen molar-refractivity contribution in [3.05, 3.63) is 57.7 Å². The fraction of sp³-hybridized carbons (Fsp3) is 0.176. The number of anilines is 1. The number of thiazole rings is 1. The predicted octanol–water partition coefficient (Wildman–Crippen LogP) is 4.95. The zero-order chi connectivity index (χ0) is 17.1. The lowest BCUT2D eigenvalue weighted by molar-refractivity contribution is 0.252. The van der Waals surface area contributed by atoms with Gasteiger partial charge in [-0.15, -0.1) is 22.7 Å². The summed E-state index contributed by atoms with van der Waals surface area (Å²) < 4.78 is 13.5. The summed E-state index contributed by atoms with van der Waals surface area (Å²) in [6.07, 6.45) is 0. The molecule has 1 aromatic carbocycles. The normalized spacial score (nSPS) is 10.6. The zero-order valence-corrected chi connectivity index (χ0v) is 14.9. The van der Waals surface area contributed by atoms with Gasteiger partial charge in [0, 0.05) is 10.6 Å². The van der Waals surface area contributed by atoms with Crippen LogP contribution in [0.1, 0.15) is 16.1 Å². The molecule has 0 fully saturated rings. The van der Waals surface area contributed by atoms with Gasteiger partial charge in [-0.2, -0.15) is 0 Å². The van der Waals surface area contributed by atoms with E-state index in [1.54, 1.807) is 41.7 Å². The van der Waals surface area contributed by atoms with E-state index in [1.807, 2.05) is 24.4 Å². The Morgan fingerprint density at radius 1 is 1.29 bits per heavy atom. The first kappa shape index (κ1) is 16.6. The van der Waals surface area contributed by atoms with Gasteiger partial charge in [0.2, 0.25) is 0 Å². The summed E-state index contributed by atoms with van der Waals surface area (Å²) in [5, 5.41) is 8.38. The van der Waals surface area contributed by atoms with Gasteiger partial charge in [-0.1, -0.05) is 12.1 Å². The third-order valence-corrected chi connectivity index (χ3v) is 5.66. The first-order chi connectivity index (χ1) is 11.5. The van der Waals surface area contributed by atoms with E-state index in [4.69, 9.17) is 0 Å². The molecule has 3 aromatic rings. The number of hydrogen-bond donors (Lipinski definition) is 2. The molecule has 2 heterocycles. The summed E-state index contributed by atoms with van der Waals surface area (Å²) in [5.74, 6) is -0.341. The largest absolute Gasteiger partial charge is 0.333 e. The van der Waals surface area contributed by atoms with Gasteiger partial charge in [-0.25, -0.2) is 14.2 Å². The highest BCUT2D eigenvalue weighted by Crippen LogP contribution is 2.30. The maximum Gasteiger partial charge on any atom is 0.319 e. The molecule has 0 aliphatic rings. The topological polar surface area (TPSA) is 54.0 Å². The number of urea groups is 1. The van der Waals surface area contributed by atoms with E-state index < -0.39 is 0 Å². The lowest BCUT2D eigenvalue weighted by Crippen LogP contribution is -2.28. The highest BCUT2D eigenvalue weighted by Gasteiger charge is 2.11. The molecule has 0 saturated heterocycles. The standard InChI is InChI=1S/C17H16FN3OS2/c1-10-5-6-12(8-13(10)18)21-17(22)19-9-15-11(2)20-16(24-15)14-4-3-7-23-14/h3-8H,9H2,1-2H3,(H2,19,21,22). The van der Waals surface area contributed by atoms with Gasteiger partial charge in [0.1, 0.15) is 10.8 Å². The van der Waals surface area contributed by atoms with Crippen LogP contribution in [-0.4, -0.2) is 11.0 Å². The number of aryl methyl sites for hydroxylation is 2. The quantitative estimate of drug-likeness (QED) is 0.691. The number of nitrogens with zero attached hydrogens (tertiary/aromatic N) is 1. The molecule has 3 rings (SSSR count). The third-order valence-electron chi connectivity index (χ3n) is 3.46. The second-order valence-corrected chi connectivity index (χ2v) is 7.31. The van der Waals surface area contributed by atoms with Crippen molar-refractivity contribution in [2.45, 2.75) is 20.4 Å². The molecule has 0 radical (unpaired) electrons. The monoisotopic (exact) mass is 361 g/mol. The zero-order valence-electron chi connectivity index (χ0n) is 13.2. The maximum absolute atomic E-state index is 13.5. The van der Waals surface area contributed by atoms with Crippen LogP contribution in [-0.2, 0) is 6.54 Å². The second kappa shape index (κ2) is 7.11. The minimum absolute atomic E-state index is 0.341. The Labute approximate surface area is 147 Å². The number of thiophene rings is 1. The Morgan fingerprint density at radius 3 is 2.83 bits per heavy atom. The van der Waals surface area contributed by atoms with E-state index in [0.29, 0.717) is 17.8 Å². The first-order valence-electron chi connectivity index (χ1n) is 7.34. The van der Waals surface area contributed by atoms with E-state index >= 15 is 0 Å². The molecule has 0 atom stereocenters. The second-order valence-electron chi connectivity index (χ2n) is 5.28. The number of benzene rings is 1. The van der Waals surface area contributed by atoms with Crippen LogP contribution in [0.3, 0.4) is 0 Å². The summed E-state index contributed by atoms with van der Waals surface area (Å²) in [4.78, 5) is 18.6. The molecule has 0 saturated carbocycles. The van der Waals surface area contributed by atoms with E-state index in [-0.39, 0.29) is 11.8 Å². The third kappa shape index (κ3) is 3.80. The average Bonchev–Trinajstić information content (AvgIpc) is 3.18. The Hall–Kier alpha value is -2.25. The van der Waals surface area contributed by atoms with Gasteiger partial charge >= 0.3 is 6.03 Å². The number of carbonyl (C=O) groups is 1. The van der Waals surface area contributed by atoms with Gasteiger partial charge < -0.3 is 10.6 Å². The molecule has 0 aliphatic carbocycles. The van der Waals surface area contributed by atoms with Crippen molar-refractivity contribution in [1.82, 2.24) is 10.3 Å². The van der Waals surface area contributed by atoms with Crippen LogP contribution in [0.2, 0.25) is 0 Å². The Balaban J connectivity index is 1.61. The SMILES string of the molecule is Cc1ccc(NC(=O)NCc2sc(-c3cccs3)nc2C)cc1F. The summed E-state index contributed by atoms with van der Waals surface area (Å²) in [5.41, 5.74) is 1.88. The van der Waals surface area contributed by atoms with Crippen LogP contribution in [0.25, 0.3) is 9.88 Å². The molecular formula is C17H16FN3OS2. The van der Waals surface area contributed by atoms with Crippen LogP contribution in [0.5, 0.6) is 0 Å². The molecule has 124 valence electrons. The highest BCUT2D eigenvalue weighted by atomic mass is 32.1. The molecule has 24 heavy (non-hydrogen) atoms. The summed E-state index contributed by atoms with van der Waals surface area (Å²) in [6.45, 7) is 3.99. The van der Waals surface area contributed by atoms with Crippen molar-refractivity contribution < 1.29 is 9.18 Å². The lowest BCUT2D eigenvalue weighted by atomic mass is 10.2. The fourth-order valence-corrected chi connectivity index (χ4v) is 3.90. The molecule has 0 spiro atoms. The van der Waals surface area contributed by atoms with Crippen molar-refractivity contribution in [1.29, 1.82) is 0 Å². The molecule has 2 N–H and O–H groups in total. The number of nitrogens with one attached hydrogen (secondary N) is 2. The van der Waals surface area contributed by atoms with Crippen molar-refractivity contribution in [2.75, 3.05) is 5.32 Å². The van der Waals surface area contributed by atoms with Crippen molar-refractivity contribution in [3.8, 4) is 9.88 Å². The van der Waals surface area contributed by atoms with Crippen LogP contribution in [0, 0.1) is 19.7 Å². The van der Waals surface area contributed by atoms with Crippen LogP contribution in [0.15, 0.2) is 35.7 Å². The molecule has 7 heteroatoms. The Kier molecular flexibility index (Phi) is 4.92. The molecule has 2 amide bonds. The van der Waals surface area contributed by atoms with Gasteiger partial charge in [-0.05, 0) is 43.0 Å². The summed E-state index contributed by atoms with van der Waals surface area (Å²) in [6, 6.07) is 8.25. The van der Waals surface area contributed by atoms with Crippen molar-refractivity contribution in [3.63, 3.8) is 0 Å². The summed E-state index contributed by atoms with van der Waals surface area (Å²) in [7, 11) is 0. The number of hydrogen-bond acceptors (Lipinski definition) is 4. The van der Waals surface area contributed by atoms with Crippen LogP contribution >= 0.6 is 22.7 Å². The van der Waals surface area contributed by atoms with Crippen LogP contribution in [0.4, 0.5) is 14.9 Å². The number of carbonyl (C=O) groups excluding carboxylic acids is 1. The number of aromatic nitrogens is 1. The fourth-order valence-electron chi connectivity index (χ4n) is 2.10. The Morgan fingerprint density at radius 2 is 2.12 bits per heavy atom. The average molecular weight is 361 g/mol. The molecule has 4 nitrogen and oxygen atoms in total. The minimum Gasteiger partial charge on any atom is -0.333 e. The summed E-state index contributed by atoms with van der Waals surface area (Å²) >= 11 is 3.21. The van der Waals surface area contributed by atoms with Gasteiger partial charge in [-0.3, -0.25) is 0 Å². The number of halogens is 1. The molecule has 0 aliphatic heterocycles. The Bertz CT molecular complexity index is 859. The van der Waals surface area contributed by atoms with E-state index in [0.717, 1.165) is 20.5 Å². The maximum atomic E-state index is 13.5. The lowest BCUT2D eigenvalue weighted by Gasteiger charge is -2.07. The molecule has 0 unspecified atom stereocenters. The first-order valence-corrected chi connectivity index (χ1v) is 9.04. The van der Waals surface area contributed by atoms with E-state index in [1.165, 1.54) is 6.07 Å². The number of amides is 2. The predicted molar refractivity (Wildman–Crippen MR) is 97.2 cm³/mol. The molecular weight excluding hydrogens is 345 g/mol. The van der Waals surface area contributed by atoms with E-state index in [9.17, 15) is 9.18 Å². The van der Waals surface area contributed by atoms with Gasteiger partial charge in [0.15, 0.2) is 0 Å². The smallest absolute Gasteiger partial charge is 0.319 e. The highest BCUT2D eigenvalue weighted by molar-refractivity contribution is 7.21. The van der Waals surface area contributed by atoms with Gasteiger partial charge in [0.05, 0.1) is 17.1 Å². The minimum atomic E-state index is -0.372. The van der Waals surface area contributed by atoms with Gasteiger partial charge in [0.25, 0.3) is 0 Å². The van der Waals surface area contributed by atoms with Crippen molar-refractivity contribution >= 4 is 34.4 Å².